The first-order valence-corrected chi connectivity index (χ1v) is 7.07. The Bertz CT molecular complexity index is 428. The average molecular weight is 266 g/mol. The van der Waals surface area contributed by atoms with Crippen LogP contribution >= 0.6 is 11.3 Å². The zero-order valence-corrected chi connectivity index (χ0v) is 11.5. The third-order valence-corrected chi connectivity index (χ3v) is 4.08. The van der Waals surface area contributed by atoms with Gasteiger partial charge < -0.3 is 10.2 Å². The van der Waals surface area contributed by atoms with Crippen molar-refractivity contribution in [1.82, 2.24) is 10.2 Å². The molecule has 5 heteroatoms. The number of nitrogens with one attached hydrogen (secondary N) is 1. The smallest absolute Gasteiger partial charge is 0.242 e. The van der Waals surface area contributed by atoms with Gasteiger partial charge in [-0.05, 0) is 17.4 Å². The van der Waals surface area contributed by atoms with Crippen molar-refractivity contribution in [3.05, 3.63) is 22.4 Å². The van der Waals surface area contributed by atoms with Crippen LogP contribution in [-0.4, -0.2) is 29.8 Å². The van der Waals surface area contributed by atoms with Gasteiger partial charge >= 0.3 is 0 Å². The van der Waals surface area contributed by atoms with Gasteiger partial charge in [-0.1, -0.05) is 19.9 Å². The van der Waals surface area contributed by atoms with Crippen LogP contribution in [0.15, 0.2) is 17.5 Å². The molecule has 4 nitrogen and oxygen atoms in total. The first kappa shape index (κ1) is 13.1. The highest BCUT2D eigenvalue weighted by molar-refractivity contribution is 7.10. The van der Waals surface area contributed by atoms with Crippen LogP contribution in [0, 0.1) is 5.92 Å². The minimum Gasteiger partial charge on any atom is -0.347 e. The van der Waals surface area contributed by atoms with Crippen LogP contribution in [0.4, 0.5) is 0 Å². The molecule has 0 aromatic carbocycles. The maximum Gasteiger partial charge on any atom is 0.242 e. The largest absolute Gasteiger partial charge is 0.347 e. The summed E-state index contributed by atoms with van der Waals surface area (Å²) in [4.78, 5) is 26.5. The van der Waals surface area contributed by atoms with E-state index in [1.165, 1.54) is 4.88 Å². The second-order valence-corrected chi connectivity index (χ2v) is 5.80. The maximum atomic E-state index is 12.1. The normalized spacial score (nSPS) is 18.7. The lowest BCUT2D eigenvalue weighted by molar-refractivity contribution is -0.133. The van der Waals surface area contributed by atoms with Crippen LogP contribution in [0.5, 0.6) is 0 Å². The van der Waals surface area contributed by atoms with E-state index in [2.05, 4.69) is 25.2 Å². The number of amides is 2. The number of carbonyl (C=O) groups is 2. The standard InChI is InChI=1S/C13H18N2O2S/c1-9(2)13(10-4-3-7-18-10)15-6-5-11(16)14-8-12(15)17/h3-4,7,9,13H,5-6,8H2,1-2H3,(H,14,16). The molecule has 0 saturated carbocycles. The molecule has 1 atom stereocenters. The minimum atomic E-state index is -0.0421. The summed E-state index contributed by atoms with van der Waals surface area (Å²) in [6.45, 7) is 4.84. The van der Waals surface area contributed by atoms with Crippen molar-refractivity contribution in [2.45, 2.75) is 26.3 Å². The van der Waals surface area contributed by atoms with Gasteiger partial charge in [0, 0.05) is 17.8 Å². The second kappa shape index (κ2) is 5.52. The third-order valence-electron chi connectivity index (χ3n) is 3.14. The zero-order valence-electron chi connectivity index (χ0n) is 10.7. The Labute approximate surface area is 111 Å². The van der Waals surface area contributed by atoms with Gasteiger partial charge in [0.25, 0.3) is 0 Å². The molecule has 18 heavy (non-hydrogen) atoms. The van der Waals surface area contributed by atoms with Crippen LogP contribution in [0.25, 0.3) is 0 Å². The summed E-state index contributed by atoms with van der Waals surface area (Å²) in [6, 6.07) is 4.13. The molecule has 98 valence electrons. The monoisotopic (exact) mass is 266 g/mol. The van der Waals surface area contributed by atoms with Gasteiger partial charge in [0.05, 0.1) is 12.6 Å². The highest BCUT2D eigenvalue weighted by Crippen LogP contribution is 2.32. The lowest BCUT2D eigenvalue weighted by atomic mass is 10.0. The Kier molecular flexibility index (Phi) is 4.01. The van der Waals surface area contributed by atoms with E-state index in [1.54, 1.807) is 11.3 Å². The molecule has 1 aromatic heterocycles. The number of hydrogen-bond donors (Lipinski definition) is 1. The molecule has 2 amide bonds. The van der Waals surface area contributed by atoms with E-state index in [0.29, 0.717) is 18.9 Å². The van der Waals surface area contributed by atoms with Crippen molar-refractivity contribution in [1.29, 1.82) is 0 Å². The summed E-state index contributed by atoms with van der Waals surface area (Å²) >= 11 is 1.66. The molecule has 1 aliphatic heterocycles. The van der Waals surface area contributed by atoms with E-state index in [0.717, 1.165) is 0 Å². The molecule has 1 unspecified atom stereocenters. The lowest BCUT2D eigenvalue weighted by Gasteiger charge is -2.32. The molecule has 1 aromatic rings. The zero-order chi connectivity index (χ0) is 13.1. The lowest BCUT2D eigenvalue weighted by Crippen LogP contribution is -2.39. The molecule has 0 radical (unpaired) electrons. The topological polar surface area (TPSA) is 49.4 Å². The summed E-state index contributed by atoms with van der Waals surface area (Å²) < 4.78 is 0. The second-order valence-electron chi connectivity index (χ2n) is 4.82. The first-order valence-electron chi connectivity index (χ1n) is 6.19. The van der Waals surface area contributed by atoms with Crippen LogP contribution < -0.4 is 5.32 Å². The predicted octanol–water partition coefficient (Wildman–Crippen LogP) is 1.79. The van der Waals surface area contributed by atoms with Crippen molar-refractivity contribution in [2.24, 2.45) is 5.92 Å². The fourth-order valence-corrected chi connectivity index (χ4v) is 3.32. The summed E-state index contributed by atoms with van der Waals surface area (Å²) in [7, 11) is 0. The average Bonchev–Trinajstić information content (AvgIpc) is 2.78. The van der Waals surface area contributed by atoms with Crippen molar-refractivity contribution in [3.8, 4) is 0 Å². The quantitative estimate of drug-likeness (QED) is 0.907. The van der Waals surface area contributed by atoms with Gasteiger partial charge in [0.1, 0.15) is 0 Å². The van der Waals surface area contributed by atoms with Crippen LogP contribution in [0.3, 0.4) is 0 Å². The molecule has 1 N–H and O–H groups in total. The van der Waals surface area contributed by atoms with Crippen molar-refractivity contribution in [3.63, 3.8) is 0 Å². The number of thiophene rings is 1. The van der Waals surface area contributed by atoms with Crippen LogP contribution in [-0.2, 0) is 9.59 Å². The summed E-state index contributed by atoms with van der Waals surface area (Å²) in [5.41, 5.74) is 0. The number of carbonyl (C=O) groups excluding carboxylic acids is 2. The Hall–Kier alpha value is -1.36. The maximum absolute atomic E-state index is 12.1. The van der Waals surface area contributed by atoms with E-state index >= 15 is 0 Å². The Balaban J connectivity index is 2.24. The van der Waals surface area contributed by atoms with E-state index in [4.69, 9.17) is 0 Å². The summed E-state index contributed by atoms with van der Waals surface area (Å²) in [5.74, 6) is 0.299. The Morgan fingerprint density at radius 3 is 2.78 bits per heavy atom. The summed E-state index contributed by atoms with van der Waals surface area (Å²) in [5, 5.41) is 4.66. The SMILES string of the molecule is CC(C)C(c1cccs1)N1CCC(=O)NCC1=O. The van der Waals surface area contributed by atoms with Gasteiger partial charge in [-0.2, -0.15) is 0 Å². The predicted molar refractivity (Wildman–Crippen MR) is 71.2 cm³/mol. The van der Waals surface area contributed by atoms with Crippen molar-refractivity contribution >= 4 is 23.2 Å². The van der Waals surface area contributed by atoms with Crippen molar-refractivity contribution < 1.29 is 9.59 Å². The summed E-state index contributed by atoms with van der Waals surface area (Å²) in [6.07, 6.45) is 0.389. The molecule has 2 heterocycles. The van der Waals surface area contributed by atoms with Crippen LogP contribution in [0.1, 0.15) is 31.2 Å². The minimum absolute atomic E-state index is 0.00736. The molecule has 1 aliphatic rings. The molecule has 1 fully saturated rings. The fourth-order valence-electron chi connectivity index (χ4n) is 2.31. The molecule has 0 aliphatic carbocycles. The Morgan fingerprint density at radius 2 is 2.17 bits per heavy atom. The molecule has 1 saturated heterocycles. The molecule has 0 bridgehead atoms. The van der Waals surface area contributed by atoms with Crippen LogP contribution in [0.2, 0.25) is 0 Å². The highest BCUT2D eigenvalue weighted by Gasteiger charge is 2.30. The van der Waals surface area contributed by atoms with Crippen molar-refractivity contribution in [2.75, 3.05) is 13.1 Å². The Morgan fingerprint density at radius 1 is 1.39 bits per heavy atom. The molecule has 0 spiro atoms. The van der Waals surface area contributed by atoms with E-state index in [9.17, 15) is 9.59 Å². The third kappa shape index (κ3) is 2.72. The number of rotatable bonds is 3. The number of nitrogens with zero attached hydrogens (tertiary/aromatic N) is 1. The van der Waals surface area contributed by atoms with Gasteiger partial charge in [-0.15, -0.1) is 11.3 Å². The van der Waals surface area contributed by atoms with Gasteiger partial charge in [0.15, 0.2) is 0 Å². The van der Waals surface area contributed by atoms with E-state index in [1.807, 2.05) is 16.3 Å². The molecular formula is C13H18N2O2S. The van der Waals surface area contributed by atoms with Gasteiger partial charge in [-0.3, -0.25) is 9.59 Å². The fraction of sp³-hybridized carbons (Fsp3) is 0.538. The molecule has 2 rings (SSSR count). The van der Waals surface area contributed by atoms with Gasteiger partial charge in [0.2, 0.25) is 11.8 Å². The van der Waals surface area contributed by atoms with E-state index < -0.39 is 0 Å². The number of hydrogen-bond acceptors (Lipinski definition) is 3. The van der Waals surface area contributed by atoms with Gasteiger partial charge in [-0.25, -0.2) is 0 Å². The molecular weight excluding hydrogens is 248 g/mol. The van der Waals surface area contributed by atoms with E-state index in [-0.39, 0.29) is 24.4 Å². The first-order chi connectivity index (χ1) is 8.59. The highest BCUT2D eigenvalue weighted by atomic mass is 32.1.